The highest BCUT2D eigenvalue weighted by atomic mass is 32.2. The Morgan fingerprint density at radius 3 is 2.71 bits per heavy atom. The average molecular weight is 219 g/mol. The fraction of sp³-hybridized carbons (Fsp3) is 0.333. The van der Waals surface area contributed by atoms with Gasteiger partial charge in [0.15, 0.2) is 0 Å². The number of halogens is 2. The van der Waals surface area contributed by atoms with E-state index in [1.807, 2.05) is 0 Å². The van der Waals surface area contributed by atoms with Crippen molar-refractivity contribution in [2.45, 2.75) is 11.3 Å². The minimum Gasteiger partial charge on any atom is -0.399 e. The lowest BCUT2D eigenvalue weighted by Crippen LogP contribution is -1.94. The van der Waals surface area contributed by atoms with E-state index >= 15 is 0 Å². The number of anilines is 1. The van der Waals surface area contributed by atoms with Crippen LogP contribution in [0.2, 0.25) is 0 Å². The molecule has 0 atom stereocenters. The topological polar surface area (TPSA) is 46.2 Å². The number of aliphatic hydroxyl groups excluding tert-OH is 1. The lowest BCUT2D eigenvalue weighted by Gasteiger charge is -2.08. The summed E-state index contributed by atoms with van der Waals surface area (Å²) in [5, 5.41) is 8.58. The van der Waals surface area contributed by atoms with Gasteiger partial charge in [-0.25, -0.2) is 8.78 Å². The lowest BCUT2D eigenvalue weighted by molar-refractivity contribution is 0.148. The molecule has 1 aromatic rings. The van der Waals surface area contributed by atoms with Gasteiger partial charge in [-0.15, -0.1) is 11.8 Å². The molecule has 2 nitrogen and oxygen atoms in total. The summed E-state index contributed by atoms with van der Waals surface area (Å²) in [6, 6.07) is 4.40. The van der Waals surface area contributed by atoms with Crippen molar-refractivity contribution in [2.75, 3.05) is 18.1 Å². The molecule has 3 N–H and O–H groups in total. The number of aliphatic hydroxyl groups is 1. The van der Waals surface area contributed by atoms with Gasteiger partial charge < -0.3 is 10.8 Å². The summed E-state index contributed by atoms with van der Waals surface area (Å²) in [5.74, 6) is 0.406. The van der Waals surface area contributed by atoms with Crippen LogP contribution in [0.25, 0.3) is 0 Å². The summed E-state index contributed by atoms with van der Waals surface area (Å²) in [6.45, 7) is -0.0300. The van der Waals surface area contributed by atoms with Crippen molar-refractivity contribution < 1.29 is 13.9 Å². The van der Waals surface area contributed by atoms with Gasteiger partial charge in [-0.05, 0) is 18.2 Å². The van der Waals surface area contributed by atoms with Crippen LogP contribution in [0.15, 0.2) is 23.1 Å². The standard InChI is InChI=1S/C9H11F2NOS/c10-9(11)7-5-6(12)1-2-8(7)14-4-3-13/h1-2,5,9,13H,3-4,12H2. The van der Waals surface area contributed by atoms with Gasteiger partial charge in [0.2, 0.25) is 0 Å². The van der Waals surface area contributed by atoms with Crippen molar-refractivity contribution in [3.8, 4) is 0 Å². The Morgan fingerprint density at radius 2 is 2.14 bits per heavy atom. The Hall–Kier alpha value is -0.810. The first kappa shape index (κ1) is 11.3. The highest BCUT2D eigenvalue weighted by Crippen LogP contribution is 2.31. The average Bonchev–Trinajstić information content (AvgIpc) is 2.15. The smallest absolute Gasteiger partial charge is 0.265 e. The van der Waals surface area contributed by atoms with Gasteiger partial charge in [0, 0.05) is 21.9 Å². The van der Waals surface area contributed by atoms with Crippen molar-refractivity contribution in [1.82, 2.24) is 0 Å². The number of hydrogen-bond acceptors (Lipinski definition) is 3. The molecular weight excluding hydrogens is 208 g/mol. The molecule has 1 aromatic carbocycles. The Bertz CT molecular complexity index is 307. The molecule has 0 bridgehead atoms. The third-order valence-corrected chi connectivity index (χ3v) is 2.69. The lowest BCUT2D eigenvalue weighted by atomic mass is 10.2. The van der Waals surface area contributed by atoms with Crippen molar-refractivity contribution in [1.29, 1.82) is 0 Å². The van der Waals surface area contributed by atoms with E-state index in [1.54, 1.807) is 12.1 Å². The van der Waals surface area contributed by atoms with E-state index in [2.05, 4.69) is 0 Å². The molecule has 5 heteroatoms. The molecule has 14 heavy (non-hydrogen) atoms. The van der Waals surface area contributed by atoms with E-state index in [0.717, 1.165) is 0 Å². The highest BCUT2D eigenvalue weighted by Gasteiger charge is 2.13. The van der Waals surface area contributed by atoms with E-state index in [4.69, 9.17) is 10.8 Å². The summed E-state index contributed by atoms with van der Waals surface area (Å²) < 4.78 is 25.0. The Balaban J connectivity index is 2.90. The van der Waals surface area contributed by atoms with E-state index in [-0.39, 0.29) is 12.2 Å². The van der Waals surface area contributed by atoms with Gasteiger partial charge in [-0.2, -0.15) is 0 Å². The second-order valence-electron chi connectivity index (χ2n) is 2.67. The number of nitrogen functional groups attached to an aromatic ring is 1. The molecule has 0 saturated carbocycles. The summed E-state index contributed by atoms with van der Waals surface area (Å²) in [6.07, 6.45) is -2.53. The maximum atomic E-state index is 12.5. The molecule has 0 fully saturated rings. The third-order valence-electron chi connectivity index (χ3n) is 1.62. The monoisotopic (exact) mass is 219 g/mol. The van der Waals surface area contributed by atoms with Crippen molar-refractivity contribution in [3.05, 3.63) is 23.8 Å². The number of benzene rings is 1. The number of alkyl halides is 2. The van der Waals surface area contributed by atoms with Crippen LogP contribution in [0.5, 0.6) is 0 Å². The minimum atomic E-state index is -2.53. The fourth-order valence-corrected chi connectivity index (χ4v) is 1.81. The maximum Gasteiger partial charge on any atom is 0.265 e. The normalized spacial score (nSPS) is 10.9. The quantitative estimate of drug-likeness (QED) is 0.603. The predicted octanol–water partition coefficient (Wildman–Crippen LogP) is 2.29. The second kappa shape index (κ2) is 5.17. The Labute approximate surface area is 85.1 Å². The molecule has 0 saturated heterocycles. The van der Waals surface area contributed by atoms with Crippen LogP contribution in [0.3, 0.4) is 0 Å². The molecule has 0 amide bonds. The molecule has 0 aliphatic carbocycles. The molecule has 0 spiro atoms. The van der Waals surface area contributed by atoms with Gasteiger partial charge in [-0.1, -0.05) is 0 Å². The molecule has 0 radical (unpaired) electrons. The largest absolute Gasteiger partial charge is 0.399 e. The van der Waals surface area contributed by atoms with Crippen LogP contribution in [-0.4, -0.2) is 17.5 Å². The van der Waals surface area contributed by atoms with Crippen LogP contribution in [0.1, 0.15) is 12.0 Å². The Kier molecular flexibility index (Phi) is 4.16. The zero-order valence-electron chi connectivity index (χ0n) is 7.41. The van der Waals surface area contributed by atoms with Crippen LogP contribution in [-0.2, 0) is 0 Å². The molecule has 0 aromatic heterocycles. The molecule has 0 aliphatic heterocycles. The fourth-order valence-electron chi connectivity index (χ4n) is 1.02. The maximum absolute atomic E-state index is 12.5. The Morgan fingerprint density at radius 1 is 1.43 bits per heavy atom. The molecule has 1 rings (SSSR count). The molecule has 0 heterocycles. The van der Waals surface area contributed by atoms with Gasteiger partial charge in [0.05, 0.1) is 6.61 Å². The van der Waals surface area contributed by atoms with E-state index in [9.17, 15) is 8.78 Å². The first-order valence-electron chi connectivity index (χ1n) is 4.06. The van der Waals surface area contributed by atoms with Gasteiger partial charge in [0.25, 0.3) is 6.43 Å². The number of nitrogens with two attached hydrogens (primary N) is 1. The van der Waals surface area contributed by atoms with E-state index in [1.165, 1.54) is 17.8 Å². The number of thioether (sulfide) groups is 1. The van der Waals surface area contributed by atoms with Crippen LogP contribution in [0.4, 0.5) is 14.5 Å². The summed E-state index contributed by atoms with van der Waals surface area (Å²) in [5.41, 5.74) is 5.66. The van der Waals surface area contributed by atoms with E-state index < -0.39 is 6.43 Å². The predicted molar refractivity (Wildman–Crippen MR) is 53.6 cm³/mol. The van der Waals surface area contributed by atoms with Crippen LogP contribution < -0.4 is 5.73 Å². The van der Waals surface area contributed by atoms with Gasteiger partial charge in [0.1, 0.15) is 0 Å². The molecular formula is C9H11F2NOS. The van der Waals surface area contributed by atoms with Gasteiger partial charge >= 0.3 is 0 Å². The SMILES string of the molecule is Nc1ccc(SCCO)c(C(F)F)c1. The first-order chi connectivity index (χ1) is 6.65. The minimum absolute atomic E-state index is 0.0300. The number of rotatable bonds is 4. The second-order valence-corrected chi connectivity index (χ2v) is 3.81. The zero-order valence-corrected chi connectivity index (χ0v) is 8.23. The van der Waals surface area contributed by atoms with Crippen molar-refractivity contribution >= 4 is 17.4 Å². The summed E-state index contributed by atoms with van der Waals surface area (Å²) in [7, 11) is 0. The molecule has 0 aliphatic rings. The number of hydrogen-bond donors (Lipinski definition) is 2. The summed E-state index contributed by atoms with van der Waals surface area (Å²) in [4.78, 5) is 0.475. The van der Waals surface area contributed by atoms with Crippen molar-refractivity contribution in [3.63, 3.8) is 0 Å². The highest BCUT2D eigenvalue weighted by molar-refractivity contribution is 7.99. The van der Waals surface area contributed by atoms with Crippen molar-refractivity contribution in [2.24, 2.45) is 0 Å². The first-order valence-corrected chi connectivity index (χ1v) is 5.05. The van der Waals surface area contributed by atoms with Crippen LogP contribution >= 0.6 is 11.8 Å². The van der Waals surface area contributed by atoms with Crippen LogP contribution in [0, 0.1) is 0 Å². The van der Waals surface area contributed by atoms with E-state index in [0.29, 0.717) is 16.3 Å². The molecule has 78 valence electrons. The zero-order chi connectivity index (χ0) is 10.6. The summed E-state index contributed by atoms with van der Waals surface area (Å²) >= 11 is 1.20. The van der Waals surface area contributed by atoms with Gasteiger partial charge in [-0.3, -0.25) is 0 Å². The third kappa shape index (κ3) is 2.85. The molecule has 0 unspecified atom stereocenters.